The van der Waals surface area contributed by atoms with E-state index in [-0.39, 0.29) is 12.8 Å². The van der Waals surface area contributed by atoms with Gasteiger partial charge in [-0.25, -0.2) is 14.4 Å². The van der Waals surface area contributed by atoms with E-state index in [1.165, 1.54) is 9.14 Å². The fourth-order valence-corrected chi connectivity index (χ4v) is 7.54. The van der Waals surface area contributed by atoms with E-state index in [1.807, 2.05) is 0 Å². The number of hydrogen-bond donors (Lipinski definition) is 3. The predicted molar refractivity (Wildman–Crippen MR) is 181 cm³/mol. The topological polar surface area (TPSA) is 132 Å². The van der Waals surface area contributed by atoms with Crippen LogP contribution in [0.5, 0.6) is 0 Å². The number of urea groups is 1. The van der Waals surface area contributed by atoms with Crippen molar-refractivity contribution >= 4 is 45.9 Å². The normalized spacial score (nSPS) is 13.8. The Kier molecular flexibility index (Phi) is 15.9. The molecule has 3 N–H and O–H groups in total. The first-order valence-corrected chi connectivity index (χ1v) is 26.0. The van der Waals surface area contributed by atoms with E-state index < -0.39 is 71.2 Å². The zero-order valence-corrected chi connectivity index (χ0v) is 32.6. The second-order valence-electron chi connectivity index (χ2n) is 15.5. The minimum absolute atomic E-state index is 0.0259. The number of esters is 3. The molecule has 0 aliphatic heterocycles. The van der Waals surface area contributed by atoms with E-state index in [0.717, 1.165) is 19.5 Å². The average molecular weight is 741 g/mol. The van der Waals surface area contributed by atoms with Gasteiger partial charge in [0.2, 0.25) is 0 Å². The molecule has 1 rings (SSSR count). The van der Waals surface area contributed by atoms with E-state index in [1.54, 1.807) is 62.3 Å². The van der Waals surface area contributed by atoms with Crippen LogP contribution < -0.4 is 19.5 Å². The van der Waals surface area contributed by atoms with Gasteiger partial charge in [-0.3, -0.25) is 4.79 Å². The summed E-state index contributed by atoms with van der Waals surface area (Å²) in [4.78, 5) is 58.6. The predicted octanol–water partition coefficient (Wildman–Crippen LogP) is 5.33. The summed E-state index contributed by atoms with van der Waals surface area (Å²) < 4.78 is 17.9. The summed E-state index contributed by atoms with van der Waals surface area (Å²) in [7, 11) is 0. The smallest absolute Gasteiger partial charge is 0.458 e. The molecule has 0 unspecified atom stereocenters. The summed E-state index contributed by atoms with van der Waals surface area (Å²) in [6.45, 7) is 17.2. The number of carbonyl (C=O) groups excluding carboxylic acids is 4. The molecule has 0 radical (unpaired) electrons. The molecule has 256 valence electrons. The Morgan fingerprint density at radius 2 is 1.16 bits per heavy atom. The van der Waals surface area contributed by atoms with Gasteiger partial charge in [0.05, 0.1) is 0 Å². The Balaban J connectivity index is 2.80. The summed E-state index contributed by atoms with van der Waals surface area (Å²) in [5.74, 6) is -1.74. The maximum atomic E-state index is 13.1. The van der Waals surface area contributed by atoms with Crippen LogP contribution in [0.15, 0.2) is 24.3 Å². The van der Waals surface area contributed by atoms with Crippen LogP contribution in [0.1, 0.15) is 100.0 Å². The summed E-state index contributed by atoms with van der Waals surface area (Å²) >= 11 is -2.06. The van der Waals surface area contributed by atoms with Gasteiger partial charge >= 0.3 is 140 Å². The van der Waals surface area contributed by atoms with Crippen LogP contribution in [0.25, 0.3) is 0 Å². The first-order valence-electron chi connectivity index (χ1n) is 16.0. The van der Waals surface area contributed by atoms with Gasteiger partial charge in [-0.15, -0.1) is 0 Å². The minimum Gasteiger partial charge on any atom is -0.458 e. The zero-order valence-electron chi connectivity index (χ0n) is 29.8. The van der Waals surface area contributed by atoms with Crippen molar-refractivity contribution in [2.45, 2.75) is 145 Å². The molecule has 0 aliphatic carbocycles. The Labute approximate surface area is 275 Å². The van der Waals surface area contributed by atoms with Crippen molar-refractivity contribution in [1.82, 2.24) is 16.0 Å². The molecule has 2 atom stereocenters. The quantitative estimate of drug-likeness (QED) is 0.0952. The molecule has 0 aliphatic rings. The van der Waals surface area contributed by atoms with E-state index in [2.05, 4.69) is 55.0 Å². The van der Waals surface area contributed by atoms with Crippen LogP contribution in [-0.2, 0) is 35.1 Å². The number of ether oxygens (including phenoxy) is 3. The van der Waals surface area contributed by atoms with Gasteiger partial charge < -0.3 is 19.5 Å². The maximum absolute atomic E-state index is 13.1. The first-order chi connectivity index (χ1) is 20.4. The molecule has 1 aromatic carbocycles. The molecular weight excluding hydrogens is 681 g/mol. The van der Waals surface area contributed by atoms with Crippen molar-refractivity contribution in [2.24, 2.45) is 0 Å². The summed E-state index contributed by atoms with van der Waals surface area (Å²) in [6.07, 6.45) is 1.67. The molecule has 2 amide bonds. The molecule has 0 saturated heterocycles. The van der Waals surface area contributed by atoms with Gasteiger partial charge in [-0.2, -0.15) is 0 Å². The number of nitrogens with one attached hydrogen (secondary N) is 3. The van der Waals surface area contributed by atoms with Crippen LogP contribution in [0, 0.1) is 0 Å². The van der Waals surface area contributed by atoms with Crippen molar-refractivity contribution in [1.29, 1.82) is 0 Å². The molecule has 11 heteroatoms. The Morgan fingerprint density at radius 3 is 1.60 bits per heavy atom. The molecular formula is C34H59N3O7Sn. The number of hydrogen-bond acceptors (Lipinski definition) is 8. The van der Waals surface area contributed by atoms with Crippen molar-refractivity contribution in [3.05, 3.63) is 29.8 Å². The third-order valence-electron chi connectivity index (χ3n) is 6.30. The molecule has 0 fully saturated rings. The Morgan fingerprint density at radius 1 is 0.689 bits per heavy atom. The molecule has 0 saturated carbocycles. The van der Waals surface area contributed by atoms with E-state index >= 15 is 0 Å². The second kappa shape index (κ2) is 17.5. The minimum atomic E-state index is -2.06. The number of amides is 2. The van der Waals surface area contributed by atoms with Crippen LogP contribution >= 0.6 is 0 Å². The fraction of sp³-hybridized carbons (Fsp3) is 0.706. The van der Waals surface area contributed by atoms with Crippen LogP contribution in [-0.4, -0.2) is 77.7 Å². The molecule has 0 heterocycles. The van der Waals surface area contributed by atoms with Gasteiger partial charge in [0.25, 0.3) is 0 Å². The second-order valence-corrected chi connectivity index (χ2v) is 30.0. The SMILES string of the molecule is CC(C)(C)OC(=O)CC[C@H](NC(=O)N[C@@H](CCCCNCc1cc[c]([Sn]([CH3])([CH3])[CH3])cc1)C(=O)OC(C)(C)C)C(=O)OC(C)(C)C. The molecule has 45 heavy (non-hydrogen) atoms. The van der Waals surface area contributed by atoms with Gasteiger partial charge in [-0.1, -0.05) is 0 Å². The molecule has 0 aromatic heterocycles. The average Bonchev–Trinajstić information content (AvgIpc) is 2.84. The van der Waals surface area contributed by atoms with E-state index in [0.29, 0.717) is 12.8 Å². The van der Waals surface area contributed by atoms with Crippen molar-refractivity contribution in [2.75, 3.05) is 6.54 Å². The standard InChI is InChI=1S/C31H50N3O7.3CH3.Sn/c1-29(2,3)39-25(35)19-18-24(27(37)41-31(7,8)9)34-28(38)33-23(26(36)40-30(4,5)6)17-13-14-20-32-21-22-15-11-10-12-16-22;;;;/h11-12,15-16,23-24,32H,13-14,17-21H2,1-9H3,(H2,33,34,38);3*1H3;/t23-,24-;;;;/m0..../s1. The van der Waals surface area contributed by atoms with Crippen LogP contribution in [0.2, 0.25) is 14.8 Å². The van der Waals surface area contributed by atoms with Gasteiger partial charge in [0.1, 0.15) is 22.8 Å². The summed E-state index contributed by atoms with van der Waals surface area (Å²) in [5.41, 5.74) is -0.997. The van der Waals surface area contributed by atoms with Gasteiger partial charge in [-0.05, 0) is 68.7 Å². The third kappa shape index (κ3) is 19.0. The molecule has 0 spiro atoms. The number of unbranched alkanes of at least 4 members (excludes halogenated alkanes) is 1. The van der Waals surface area contributed by atoms with Crippen molar-refractivity contribution < 1.29 is 33.4 Å². The molecule has 1 aromatic rings. The van der Waals surface area contributed by atoms with Crippen molar-refractivity contribution in [3.63, 3.8) is 0 Å². The van der Waals surface area contributed by atoms with E-state index in [4.69, 9.17) is 14.2 Å². The Bertz CT molecular complexity index is 1110. The monoisotopic (exact) mass is 741 g/mol. The molecule has 0 bridgehead atoms. The first kappa shape index (κ1) is 40.7. The van der Waals surface area contributed by atoms with Gasteiger partial charge in [0.15, 0.2) is 0 Å². The van der Waals surface area contributed by atoms with Crippen molar-refractivity contribution in [3.8, 4) is 0 Å². The number of rotatable bonds is 15. The van der Waals surface area contributed by atoms with Crippen LogP contribution in [0.4, 0.5) is 4.79 Å². The number of carbonyl (C=O) groups is 4. The number of benzene rings is 1. The Hall–Kier alpha value is -2.34. The zero-order chi connectivity index (χ0) is 34.6. The van der Waals surface area contributed by atoms with E-state index in [9.17, 15) is 19.2 Å². The van der Waals surface area contributed by atoms with Crippen LogP contribution in [0.3, 0.4) is 0 Å². The summed E-state index contributed by atoms with van der Waals surface area (Å²) in [5, 5.41) is 8.73. The molecule has 10 nitrogen and oxygen atoms in total. The fourth-order valence-electron chi connectivity index (χ4n) is 4.21. The third-order valence-corrected chi connectivity index (χ3v) is 12.2. The summed E-state index contributed by atoms with van der Waals surface area (Å²) in [6, 6.07) is 6.09. The van der Waals surface area contributed by atoms with Gasteiger partial charge in [0, 0.05) is 6.42 Å².